The number of hydrogen-bond acceptors (Lipinski definition) is 7. The Balaban J connectivity index is 1.44. The number of rotatable bonds is 4. The molecule has 1 amide bonds. The molecule has 2 aliphatic heterocycles. The Kier molecular flexibility index (Phi) is 5.13. The highest BCUT2D eigenvalue weighted by molar-refractivity contribution is 5.94. The molecule has 3 N–H and O–H groups in total. The lowest BCUT2D eigenvalue weighted by Gasteiger charge is -2.31. The number of aliphatic hydroxyl groups is 2. The summed E-state index contributed by atoms with van der Waals surface area (Å²) in [6.07, 6.45) is 1.57. The van der Waals surface area contributed by atoms with E-state index in [1.165, 1.54) is 6.07 Å². The standard InChI is InChI=1S/C29H28FN3O6/c1-3-29(38)17-8-21-26-15(10-33(21)27(36)16(17)11-39-28(29)37)25-19(31-23(35)7-13-6-22(13)34)5-4-14-12(2)18(30)9-20(32-26)24(14)25/h8-9,13,19,22,34,38H,3-7,10-11H2,1-2H3,(H,31,35)/t13?,19-,22?,29-/m0/s1. The third-order valence-corrected chi connectivity index (χ3v) is 9.05. The molecule has 7 rings (SSSR count). The van der Waals surface area contributed by atoms with Crippen molar-refractivity contribution in [2.45, 2.75) is 76.9 Å². The fourth-order valence-corrected chi connectivity index (χ4v) is 6.64. The quantitative estimate of drug-likeness (QED) is 0.344. The van der Waals surface area contributed by atoms with Crippen LogP contribution in [0.3, 0.4) is 0 Å². The average molecular weight is 534 g/mol. The highest BCUT2D eigenvalue weighted by atomic mass is 19.1. The van der Waals surface area contributed by atoms with Gasteiger partial charge in [-0.2, -0.15) is 0 Å². The minimum atomic E-state index is -1.95. The van der Waals surface area contributed by atoms with Crippen LogP contribution in [-0.2, 0) is 39.5 Å². The van der Waals surface area contributed by atoms with Crippen LogP contribution >= 0.6 is 0 Å². The van der Waals surface area contributed by atoms with Crippen LogP contribution in [-0.4, -0.2) is 37.7 Å². The fraction of sp³-hybridized carbons (Fsp3) is 0.448. The number of esters is 1. The summed E-state index contributed by atoms with van der Waals surface area (Å²) in [4.78, 5) is 43.9. The van der Waals surface area contributed by atoms with Crippen molar-refractivity contribution in [2.75, 3.05) is 0 Å². The molecule has 0 bridgehead atoms. The maximum absolute atomic E-state index is 15.0. The van der Waals surface area contributed by atoms with E-state index in [9.17, 15) is 24.6 Å². The van der Waals surface area contributed by atoms with Crippen molar-refractivity contribution in [3.05, 3.63) is 61.7 Å². The molecule has 2 unspecified atom stereocenters. The van der Waals surface area contributed by atoms with Crippen LogP contribution in [0.15, 0.2) is 16.9 Å². The maximum Gasteiger partial charge on any atom is 0.343 e. The third kappa shape index (κ3) is 3.37. The van der Waals surface area contributed by atoms with Gasteiger partial charge in [-0.3, -0.25) is 9.59 Å². The summed E-state index contributed by atoms with van der Waals surface area (Å²) in [6.45, 7) is 3.35. The van der Waals surface area contributed by atoms with Crippen molar-refractivity contribution in [2.24, 2.45) is 5.92 Å². The number of pyridine rings is 2. The monoisotopic (exact) mass is 533 g/mol. The van der Waals surface area contributed by atoms with Gasteiger partial charge in [-0.25, -0.2) is 14.2 Å². The van der Waals surface area contributed by atoms with E-state index in [1.54, 1.807) is 24.5 Å². The Morgan fingerprint density at radius 3 is 2.77 bits per heavy atom. The Morgan fingerprint density at radius 2 is 2.05 bits per heavy atom. The highest BCUT2D eigenvalue weighted by Gasteiger charge is 2.46. The highest BCUT2D eigenvalue weighted by Crippen LogP contribution is 2.46. The van der Waals surface area contributed by atoms with Crippen LogP contribution < -0.4 is 10.9 Å². The number of carbonyl (C=O) groups excluding carboxylic acids is 2. The number of hydrogen-bond donors (Lipinski definition) is 3. The zero-order chi connectivity index (χ0) is 27.4. The average Bonchev–Trinajstić information content (AvgIpc) is 3.47. The summed E-state index contributed by atoms with van der Waals surface area (Å²) in [5.41, 5.74) is 2.44. The van der Waals surface area contributed by atoms with E-state index in [-0.39, 0.29) is 66.4 Å². The van der Waals surface area contributed by atoms with Gasteiger partial charge in [-0.1, -0.05) is 6.92 Å². The van der Waals surface area contributed by atoms with Crippen molar-refractivity contribution in [1.82, 2.24) is 14.9 Å². The summed E-state index contributed by atoms with van der Waals surface area (Å²) in [5, 5.41) is 24.8. The molecule has 1 saturated carbocycles. The normalized spacial score (nSPS) is 26.1. The summed E-state index contributed by atoms with van der Waals surface area (Å²) in [5.74, 6) is -1.36. The Bertz CT molecular complexity index is 1700. The lowest BCUT2D eigenvalue weighted by molar-refractivity contribution is -0.172. The Labute approximate surface area is 222 Å². The summed E-state index contributed by atoms with van der Waals surface area (Å²) in [7, 11) is 0. The smallest absolute Gasteiger partial charge is 0.343 e. The van der Waals surface area contributed by atoms with Gasteiger partial charge in [-0.15, -0.1) is 0 Å². The van der Waals surface area contributed by atoms with Gasteiger partial charge >= 0.3 is 5.97 Å². The number of fused-ring (bicyclic) bond motifs is 5. The Morgan fingerprint density at radius 1 is 1.28 bits per heavy atom. The van der Waals surface area contributed by atoms with Crippen LogP contribution in [0.5, 0.6) is 0 Å². The predicted octanol–water partition coefficient (Wildman–Crippen LogP) is 2.40. The maximum atomic E-state index is 15.0. The molecule has 4 atom stereocenters. The second kappa shape index (κ2) is 8.19. The number of carbonyl (C=O) groups is 2. The number of aliphatic hydroxyl groups excluding tert-OH is 1. The van der Waals surface area contributed by atoms with E-state index < -0.39 is 17.7 Å². The number of aryl methyl sites for hydroxylation is 1. The first-order valence-electron chi connectivity index (χ1n) is 13.4. The first-order valence-corrected chi connectivity index (χ1v) is 13.4. The molecule has 1 aromatic carbocycles. The number of nitrogens with one attached hydrogen (secondary N) is 1. The molecule has 3 aromatic rings. The number of aromatic nitrogens is 2. The second-order valence-corrected chi connectivity index (χ2v) is 11.2. The lowest BCUT2D eigenvalue weighted by atomic mass is 9.81. The zero-order valence-corrected chi connectivity index (χ0v) is 21.6. The molecule has 4 heterocycles. The van der Waals surface area contributed by atoms with Crippen LogP contribution in [0.25, 0.3) is 22.3 Å². The molecule has 2 aromatic heterocycles. The van der Waals surface area contributed by atoms with E-state index in [0.717, 1.165) is 22.1 Å². The zero-order valence-electron chi connectivity index (χ0n) is 21.6. The van der Waals surface area contributed by atoms with Gasteiger partial charge < -0.3 is 24.8 Å². The molecule has 1 fully saturated rings. The molecular weight excluding hydrogens is 505 g/mol. The van der Waals surface area contributed by atoms with Crippen LogP contribution in [0.4, 0.5) is 4.39 Å². The van der Waals surface area contributed by atoms with Gasteiger partial charge in [0.15, 0.2) is 5.60 Å². The molecule has 0 saturated heterocycles. The van der Waals surface area contributed by atoms with E-state index >= 15 is 4.39 Å². The van der Waals surface area contributed by atoms with E-state index in [0.29, 0.717) is 41.7 Å². The van der Waals surface area contributed by atoms with Crippen LogP contribution in [0.2, 0.25) is 0 Å². The van der Waals surface area contributed by atoms with Crippen molar-refractivity contribution in [3.8, 4) is 11.4 Å². The number of ether oxygens (including phenoxy) is 1. The molecule has 10 heteroatoms. The van der Waals surface area contributed by atoms with Gasteiger partial charge in [0.2, 0.25) is 5.91 Å². The van der Waals surface area contributed by atoms with Crippen LogP contribution in [0.1, 0.15) is 72.0 Å². The topological polar surface area (TPSA) is 131 Å². The number of nitrogens with zero attached hydrogens (tertiary/aromatic N) is 2. The molecular formula is C29H28FN3O6. The van der Waals surface area contributed by atoms with Crippen molar-refractivity contribution < 1.29 is 28.9 Å². The third-order valence-electron chi connectivity index (χ3n) is 9.05. The predicted molar refractivity (Wildman–Crippen MR) is 137 cm³/mol. The molecule has 4 aliphatic rings. The van der Waals surface area contributed by atoms with Gasteiger partial charge in [0.05, 0.1) is 41.2 Å². The fourth-order valence-electron chi connectivity index (χ4n) is 6.64. The summed E-state index contributed by atoms with van der Waals surface area (Å²) < 4.78 is 21.7. The van der Waals surface area contributed by atoms with Gasteiger partial charge in [0.1, 0.15) is 12.4 Å². The number of cyclic esters (lactones) is 1. The molecule has 0 spiro atoms. The van der Waals surface area contributed by atoms with E-state index in [4.69, 9.17) is 9.72 Å². The van der Waals surface area contributed by atoms with Crippen molar-refractivity contribution in [1.29, 1.82) is 0 Å². The largest absolute Gasteiger partial charge is 0.458 e. The molecule has 0 radical (unpaired) electrons. The lowest BCUT2D eigenvalue weighted by Crippen LogP contribution is -2.44. The summed E-state index contributed by atoms with van der Waals surface area (Å²) in [6, 6.07) is 2.65. The number of benzene rings is 1. The first-order chi connectivity index (χ1) is 18.6. The Hall–Kier alpha value is -3.63. The molecule has 2 aliphatic carbocycles. The minimum absolute atomic E-state index is 0.0304. The van der Waals surface area contributed by atoms with Gasteiger partial charge in [0, 0.05) is 29.0 Å². The first kappa shape index (κ1) is 24.4. The minimum Gasteiger partial charge on any atom is -0.458 e. The van der Waals surface area contributed by atoms with Gasteiger partial charge in [-0.05, 0) is 61.3 Å². The van der Waals surface area contributed by atoms with Crippen molar-refractivity contribution >= 4 is 22.8 Å². The second-order valence-electron chi connectivity index (χ2n) is 11.2. The summed E-state index contributed by atoms with van der Waals surface area (Å²) >= 11 is 0. The van der Waals surface area contributed by atoms with E-state index in [1.807, 2.05) is 0 Å². The molecule has 39 heavy (non-hydrogen) atoms. The molecule has 9 nitrogen and oxygen atoms in total. The molecule has 202 valence electrons. The van der Waals surface area contributed by atoms with Crippen LogP contribution in [0, 0.1) is 18.7 Å². The number of amides is 1. The van der Waals surface area contributed by atoms with Crippen molar-refractivity contribution in [3.63, 3.8) is 0 Å². The SMILES string of the molecule is CC[C@@]1(O)C(=O)OCc2c1cc1n(c2=O)Cc2c-1nc1cc(F)c(C)c3c1c2[C@@H](NC(=O)CC1CC1O)CC3. The van der Waals surface area contributed by atoms with Gasteiger partial charge in [0.25, 0.3) is 5.56 Å². The van der Waals surface area contributed by atoms with E-state index in [2.05, 4.69) is 5.32 Å². The number of halogens is 1.